The van der Waals surface area contributed by atoms with Gasteiger partial charge in [-0.2, -0.15) is 0 Å². The molecule has 1 saturated carbocycles. The van der Waals surface area contributed by atoms with Crippen LogP contribution < -0.4 is 5.32 Å². The average Bonchev–Trinajstić information content (AvgIpc) is 2.86. The topological polar surface area (TPSA) is 86.7 Å². The first-order valence-electron chi connectivity index (χ1n) is 7.81. The summed E-state index contributed by atoms with van der Waals surface area (Å²) >= 11 is 0. The quantitative estimate of drug-likeness (QED) is 0.832. The molecule has 1 aliphatic heterocycles. The lowest BCUT2D eigenvalue weighted by Gasteiger charge is -2.29. The highest BCUT2D eigenvalue weighted by Crippen LogP contribution is 2.44. The zero-order valence-electron chi connectivity index (χ0n) is 12.4. The van der Waals surface area contributed by atoms with Crippen LogP contribution in [-0.4, -0.2) is 41.0 Å². The Morgan fingerprint density at radius 2 is 1.57 bits per heavy atom. The van der Waals surface area contributed by atoms with Crippen LogP contribution in [0.5, 0.6) is 0 Å². The fraction of sp³-hybridized carbons (Fsp3) is 0.800. The zero-order valence-corrected chi connectivity index (χ0v) is 12.4. The summed E-state index contributed by atoms with van der Waals surface area (Å²) in [5.74, 6) is -1.21. The average molecular weight is 296 g/mol. The molecule has 0 spiro atoms. The summed E-state index contributed by atoms with van der Waals surface area (Å²) < 4.78 is 0. The summed E-state index contributed by atoms with van der Waals surface area (Å²) in [6.45, 7) is 1.39. The number of hydrogen-bond acceptors (Lipinski definition) is 3. The molecule has 6 nitrogen and oxygen atoms in total. The van der Waals surface area contributed by atoms with E-state index in [2.05, 4.69) is 5.32 Å². The summed E-state index contributed by atoms with van der Waals surface area (Å²) in [6.07, 6.45) is 6.66. The maximum atomic E-state index is 12.1. The smallest absolute Gasteiger partial charge is 0.324 e. The van der Waals surface area contributed by atoms with Crippen LogP contribution in [0.2, 0.25) is 0 Å². The number of carboxylic acid groups (broad SMARTS) is 1. The maximum Gasteiger partial charge on any atom is 0.324 e. The number of urea groups is 1. The molecule has 0 aromatic carbocycles. The molecule has 21 heavy (non-hydrogen) atoms. The molecule has 118 valence electrons. The number of amides is 3. The minimum atomic E-state index is -0.868. The highest BCUT2D eigenvalue weighted by atomic mass is 16.4. The van der Waals surface area contributed by atoms with Crippen LogP contribution in [-0.2, 0) is 9.59 Å². The van der Waals surface area contributed by atoms with Crippen molar-refractivity contribution in [3.63, 3.8) is 0 Å². The molecule has 2 rings (SSSR count). The highest BCUT2D eigenvalue weighted by molar-refractivity contribution is 5.94. The Balaban J connectivity index is 1.87. The van der Waals surface area contributed by atoms with Crippen molar-refractivity contribution in [1.82, 2.24) is 10.2 Å². The molecule has 2 fully saturated rings. The number of nitrogens with zero attached hydrogens (tertiary/aromatic N) is 1. The fourth-order valence-electron chi connectivity index (χ4n) is 3.54. The van der Waals surface area contributed by atoms with E-state index in [1.54, 1.807) is 4.90 Å². The number of nitrogens with one attached hydrogen (secondary N) is 1. The van der Waals surface area contributed by atoms with Crippen molar-refractivity contribution in [3.05, 3.63) is 0 Å². The van der Waals surface area contributed by atoms with E-state index in [0.29, 0.717) is 13.1 Å². The number of carbonyl (C=O) groups is 3. The second kappa shape index (κ2) is 6.91. The maximum absolute atomic E-state index is 12.1. The molecule has 2 aliphatic rings. The van der Waals surface area contributed by atoms with E-state index in [-0.39, 0.29) is 24.8 Å². The molecule has 0 aromatic rings. The van der Waals surface area contributed by atoms with Crippen LogP contribution in [0.15, 0.2) is 0 Å². The van der Waals surface area contributed by atoms with Gasteiger partial charge in [0.05, 0.1) is 6.42 Å². The number of hydrogen-bond donors (Lipinski definition) is 2. The van der Waals surface area contributed by atoms with Gasteiger partial charge in [0.2, 0.25) is 5.91 Å². The number of rotatable bonds is 4. The normalized spacial score (nSPS) is 21.0. The van der Waals surface area contributed by atoms with Crippen LogP contribution >= 0.6 is 0 Å². The standard InChI is InChI=1S/C15H24N2O4/c18-12(16-14(21)17-8-4-1-5-9-17)10-15(11-13(19)20)6-2-3-7-15/h1-11H2,(H,19,20)(H,16,18,21). The first-order chi connectivity index (χ1) is 10.0. The second-order valence-electron chi connectivity index (χ2n) is 6.36. The Bertz CT molecular complexity index is 410. The molecular weight excluding hydrogens is 272 g/mol. The van der Waals surface area contributed by atoms with E-state index >= 15 is 0 Å². The van der Waals surface area contributed by atoms with Gasteiger partial charge in [0, 0.05) is 19.5 Å². The van der Waals surface area contributed by atoms with Gasteiger partial charge in [-0.3, -0.25) is 14.9 Å². The predicted molar refractivity (Wildman–Crippen MR) is 76.7 cm³/mol. The number of imide groups is 1. The van der Waals surface area contributed by atoms with Crippen LogP contribution in [0.3, 0.4) is 0 Å². The molecule has 0 bridgehead atoms. The van der Waals surface area contributed by atoms with Gasteiger partial charge in [-0.15, -0.1) is 0 Å². The lowest BCUT2D eigenvalue weighted by molar-refractivity contribution is -0.140. The molecule has 6 heteroatoms. The van der Waals surface area contributed by atoms with Gasteiger partial charge < -0.3 is 10.0 Å². The summed E-state index contributed by atoms with van der Waals surface area (Å²) in [5.41, 5.74) is -0.460. The summed E-state index contributed by atoms with van der Waals surface area (Å²) in [6, 6.07) is -0.330. The van der Waals surface area contributed by atoms with Gasteiger partial charge in [0.25, 0.3) is 0 Å². The fourth-order valence-corrected chi connectivity index (χ4v) is 3.54. The second-order valence-corrected chi connectivity index (χ2v) is 6.36. The van der Waals surface area contributed by atoms with Crippen LogP contribution in [0.4, 0.5) is 4.79 Å². The monoisotopic (exact) mass is 296 g/mol. The third-order valence-electron chi connectivity index (χ3n) is 4.62. The molecule has 2 N–H and O–H groups in total. The van der Waals surface area contributed by atoms with Gasteiger partial charge in [0.15, 0.2) is 0 Å². The zero-order chi connectivity index (χ0) is 15.3. The predicted octanol–water partition coefficient (Wildman–Crippen LogP) is 2.13. The van der Waals surface area contributed by atoms with Crippen molar-refractivity contribution in [3.8, 4) is 0 Å². The number of likely N-dealkylation sites (tertiary alicyclic amines) is 1. The van der Waals surface area contributed by atoms with Gasteiger partial charge >= 0.3 is 12.0 Å². The van der Waals surface area contributed by atoms with E-state index in [1.165, 1.54) is 0 Å². The molecule has 0 aromatic heterocycles. The molecule has 3 amide bonds. The van der Waals surface area contributed by atoms with E-state index in [1.807, 2.05) is 0 Å². The Hall–Kier alpha value is -1.59. The number of carboxylic acids is 1. The van der Waals surface area contributed by atoms with Gasteiger partial charge in [-0.25, -0.2) is 4.79 Å². The van der Waals surface area contributed by atoms with E-state index in [0.717, 1.165) is 44.9 Å². The van der Waals surface area contributed by atoms with Crippen molar-refractivity contribution < 1.29 is 19.5 Å². The molecule has 0 radical (unpaired) electrons. The lowest BCUT2D eigenvalue weighted by Crippen LogP contribution is -2.46. The van der Waals surface area contributed by atoms with Gasteiger partial charge in [0.1, 0.15) is 0 Å². The molecule has 0 atom stereocenters. The van der Waals surface area contributed by atoms with Crippen molar-refractivity contribution in [2.75, 3.05) is 13.1 Å². The van der Waals surface area contributed by atoms with Crippen molar-refractivity contribution in [2.24, 2.45) is 5.41 Å². The van der Waals surface area contributed by atoms with E-state index in [4.69, 9.17) is 5.11 Å². The Morgan fingerprint density at radius 3 is 2.14 bits per heavy atom. The Kier molecular flexibility index (Phi) is 5.20. The molecule has 1 aliphatic carbocycles. The first-order valence-corrected chi connectivity index (χ1v) is 7.81. The van der Waals surface area contributed by atoms with E-state index in [9.17, 15) is 14.4 Å². The Labute approximate surface area is 124 Å². The van der Waals surface area contributed by atoms with Gasteiger partial charge in [-0.1, -0.05) is 12.8 Å². The van der Waals surface area contributed by atoms with Crippen LogP contribution in [0.1, 0.15) is 57.8 Å². The largest absolute Gasteiger partial charge is 0.481 e. The third-order valence-corrected chi connectivity index (χ3v) is 4.62. The molecule has 1 saturated heterocycles. The van der Waals surface area contributed by atoms with Crippen molar-refractivity contribution in [2.45, 2.75) is 57.8 Å². The minimum absolute atomic E-state index is 0.0122. The first kappa shape index (κ1) is 15.8. The minimum Gasteiger partial charge on any atom is -0.481 e. The van der Waals surface area contributed by atoms with Crippen LogP contribution in [0.25, 0.3) is 0 Å². The summed E-state index contributed by atoms with van der Waals surface area (Å²) in [5, 5.41) is 11.5. The lowest BCUT2D eigenvalue weighted by atomic mass is 9.79. The Morgan fingerprint density at radius 1 is 0.952 bits per heavy atom. The summed E-state index contributed by atoms with van der Waals surface area (Å²) in [4.78, 5) is 36.7. The van der Waals surface area contributed by atoms with Gasteiger partial charge in [-0.05, 0) is 37.5 Å². The van der Waals surface area contributed by atoms with Crippen LogP contribution in [0, 0.1) is 5.41 Å². The number of piperidine rings is 1. The molecule has 1 heterocycles. The number of aliphatic carboxylic acids is 1. The SMILES string of the molecule is O=C(O)CC1(CC(=O)NC(=O)N2CCCCC2)CCCC1. The molecule has 0 unspecified atom stereocenters. The number of carbonyl (C=O) groups excluding carboxylic acids is 2. The summed E-state index contributed by atoms with van der Waals surface area (Å²) in [7, 11) is 0. The van der Waals surface area contributed by atoms with Crippen molar-refractivity contribution in [1.29, 1.82) is 0 Å². The molecular formula is C15H24N2O4. The van der Waals surface area contributed by atoms with Crippen molar-refractivity contribution >= 4 is 17.9 Å². The van der Waals surface area contributed by atoms with E-state index < -0.39 is 11.4 Å². The highest BCUT2D eigenvalue weighted by Gasteiger charge is 2.38. The third kappa shape index (κ3) is 4.44.